The van der Waals surface area contributed by atoms with E-state index in [1.54, 1.807) is 0 Å². The maximum atomic E-state index is 9.96. The number of carbonyl (C=O) groups excluding carboxylic acids is 4. The second-order valence-corrected chi connectivity index (χ2v) is 5.02. The molecule has 0 rings (SSSR count). The van der Waals surface area contributed by atoms with Crippen molar-refractivity contribution in [2.45, 2.75) is 48.8 Å². The molecule has 2 radical (unpaired) electrons. The molecule has 0 spiro atoms. The van der Waals surface area contributed by atoms with Crippen molar-refractivity contribution in [3.8, 4) is 0 Å². The quantitative estimate of drug-likeness (QED) is 0.101. The summed E-state index contributed by atoms with van der Waals surface area (Å²) in [5.41, 5.74) is 0. The SMILES string of the molecule is O=C([O-])[C@@H](O)[C@@H](O)[C@H](O)[C@@H](O)C(=O)[O-].O=C([O-])[C@@H](O)[C@@H](O)[C@H](O)[C@@H](O)C(=O)[O-].[Bi+3].[K+]. The first-order valence-electron chi connectivity index (χ1n) is 6.85. The number of aliphatic hydroxyl groups is 8. The third-order valence-corrected chi connectivity index (χ3v) is 2.96. The fourth-order valence-electron chi connectivity index (χ4n) is 1.30. The van der Waals surface area contributed by atoms with Gasteiger partial charge >= 0.3 is 77.6 Å². The number of carbonyl (C=O) groups is 4. The van der Waals surface area contributed by atoms with Crippen molar-refractivity contribution in [1.29, 1.82) is 0 Å². The van der Waals surface area contributed by atoms with Gasteiger partial charge < -0.3 is 80.5 Å². The molecule has 0 amide bonds. The Morgan fingerprint density at radius 1 is 0.433 bits per heavy atom. The molecule has 0 heterocycles. The first kappa shape index (κ1) is 37.4. The Balaban J connectivity index is -0.000000211. The molecular weight excluding hydrogens is 648 g/mol. The van der Waals surface area contributed by atoms with Crippen molar-refractivity contribution < 1.29 is 132 Å². The van der Waals surface area contributed by atoms with Crippen LogP contribution in [-0.4, -0.2) is 140 Å². The van der Waals surface area contributed by atoms with Gasteiger partial charge in [0.1, 0.15) is 48.8 Å². The summed E-state index contributed by atoms with van der Waals surface area (Å²) in [6, 6.07) is 0. The molecule has 16 nitrogen and oxygen atoms in total. The van der Waals surface area contributed by atoms with Gasteiger partial charge in [-0.2, -0.15) is 0 Å². The Morgan fingerprint density at radius 2 is 0.533 bits per heavy atom. The molecule has 0 saturated carbocycles. The normalized spacial score (nSPS) is 18.1. The van der Waals surface area contributed by atoms with E-state index >= 15 is 0 Å². The fraction of sp³-hybridized carbons (Fsp3) is 0.667. The van der Waals surface area contributed by atoms with Crippen LogP contribution in [-0.2, 0) is 19.2 Å². The summed E-state index contributed by atoms with van der Waals surface area (Å²) in [7, 11) is 0. The Bertz CT molecular complexity index is 464. The van der Waals surface area contributed by atoms with E-state index in [0.717, 1.165) is 0 Å². The molecule has 8 atom stereocenters. The minimum atomic E-state index is -2.50. The number of aliphatic hydroxyl groups excluding tert-OH is 8. The molecule has 0 saturated heterocycles. The van der Waals surface area contributed by atoms with E-state index in [0.29, 0.717) is 0 Å². The summed E-state index contributed by atoms with van der Waals surface area (Å²) < 4.78 is 0. The first-order chi connectivity index (χ1) is 12.6. The average Bonchev–Trinajstić information content (AvgIpc) is 2.62. The van der Waals surface area contributed by atoms with Gasteiger partial charge in [-0.15, -0.1) is 0 Å². The molecule has 0 aliphatic heterocycles. The Hall–Kier alpha value is 0.0795. The molecule has 30 heavy (non-hydrogen) atoms. The van der Waals surface area contributed by atoms with Gasteiger partial charge in [0.15, 0.2) is 0 Å². The van der Waals surface area contributed by atoms with Crippen LogP contribution in [0, 0.1) is 0 Å². The van der Waals surface area contributed by atoms with E-state index in [1.807, 2.05) is 0 Å². The summed E-state index contributed by atoms with van der Waals surface area (Å²) in [5, 5.41) is 109. The molecule has 18 heteroatoms. The molecule has 0 aromatic heterocycles. The van der Waals surface area contributed by atoms with E-state index < -0.39 is 72.7 Å². The number of carboxylic acid groups (broad SMARTS) is 4. The molecule has 0 aromatic rings. The number of aliphatic carboxylic acids is 4. The van der Waals surface area contributed by atoms with Crippen LogP contribution in [0.3, 0.4) is 0 Å². The minimum absolute atomic E-state index is 0. The van der Waals surface area contributed by atoms with Crippen molar-refractivity contribution in [2.24, 2.45) is 0 Å². The van der Waals surface area contributed by atoms with Crippen LogP contribution in [0.15, 0.2) is 0 Å². The second kappa shape index (κ2) is 17.6. The molecule has 0 bridgehead atoms. The first-order valence-corrected chi connectivity index (χ1v) is 6.85. The van der Waals surface area contributed by atoms with Crippen molar-refractivity contribution >= 4 is 50.1 Å². The summed E-state index contributed by atoms with van der Waals surface area (Å²) in [5.74, 6) is -8.44. The number of hydrogen-bond donors (Lipinski definition) is 8. The number of hydrogen-bond acceptors (Lipinski definition) is 16. The summed E-state index contributed by atoms with van der Waals surface area (Å²) >= 11 is 0. The smallest absolute Gasteiger partial charge is 0.547 e. The Labute approximate surface area is 228 Å². The van der Waals surface area contributed by atoms with E-state index in [1.165, 1.54) is 0 Å². The standard InChI is InChI=1S/2C6H10O8.Bi.K/c2*7-1(3(9)5(11)12)2(8)4(10)6(13)14;;/h2*1-4,7-10H,(H,11,12)(H,13,14);;/q;;+3;+1/p-4/t2*1-,2-,3-,4+;;/m00../s1. The maximum absolute atomic E-state index is 9.96. The zero-order valence-corrected chi connectivity index (χ0v) is 21.5. The Kier molecular flexibility index (Phi) is 22.0. The van der Waals surface area contributed by atoms with E-state index in [4.69, 9.17) is 40.9 Å². The van der Waals surface area contributed by atoms with Crippen LogP contribution in [0.25, 0.3) is 0 Å². The zero-order chi connectivity index (χ0) is 22.9. The third-order valence-electron chi connectivity index (χ3n) is 2.96. The Morgan fingerprint density at radius 3 is 0.600 bits per heavy atom. The van der Waals surface area contributed by atoms with Crippen LogP contribution in [0.1, 0.15) is 0 Å². The summed E-state index contributed by atoms with van der Waals surface area (Å²) in [6.07, 6.45) is -19.5. The third kappa shape index (κ3) is 12.8. The molecule has 8 N–H and O–H groups in total. The molecule has 0 fully saturated rings. The van der Waals surface area contributed by atoms with Crippen LogP contribution < -0.4 is 71.8 Å². The van der Waals surface area contributed by atoms with Crippen LogP contribution >= 0.6 is 0 Å². The van der Waals surface area contributed by atoms with Gasteiger partial charge in [-0.25, -0.2) is 0 Å². The number of carboxylic acids is 4. The largest absolute Gasteiger partial charge is 3.00 e. The van der Waals surface area contributed by atoms with Gasteiger partial charge in [0, 0.05) is 0 Å². The average molecular weight is 664 g/mol. The minimum Gasteiger partial charge on any atom is -0.547 e. The van der Waals surface area contributed by atoms with E-state index in [-0.39, 0.29) is 77.6 Å². The van der Waals surface area contributed by atoms with Gasteiger partial charge in [-0.1, -0.05) is 0 Å². The summed E-state index contributed by atoms with van der Waals surface area (Å²) in [4.78, 5) is 39.8. The predicted octanol–water partition coefficient (Wildman–Crippen LogP) is -15.5. The van der Waals surface area contributed by atoms with Crippen molar-refractivity contribution in [3.63, 3.8) is 0 Å². The topological polar surface area (TPSA) is 322 Å². The van der Waals surface area contributed by atoms with Crippen LogP contribution in [0.5, 0.6) is 0 Å². The van der Waals surface area contributed by atoms with Crippen LogP contribution in [0.2, 0.25) is 0 Å². The predicted molar refractivity (Wildman–Crippen MR) is 73.8 cm³/mol. The maximum Gasteiger partial charge on any atom is 3.00 e. The summed E-state index contributed by atoms with van der Waals surface area (Å²) in [6.45, 7) is 0. The van der Waals surface area contributed by atoms with Gasteiger partial charge in [0.05, 0.1) is 23.9 Å². The van der Waals surface area contributed by atoms with Gasteiger partial charge in [0.2, 0.25) is 0 Å². The van der Waals surface area contributed by atoms with E-state index in [9.17, 15) is 39.6 Å². The molecule has 0 aromatic carbocycles. The molecule has 0 aliphatic rings. The van der Waals surface area contributed by atoms with Crippen molar-refractivity contribution in [3.05, 3.63) is 0 Å². The van der Waals surface area contributed by atoms with Gasteiger partial charge in [-0.3, -0.25) is 0 Å². The molecule has 0 aliphatic carbocycles. The molecule has 0 unspecified atom stereocenters. The van der Waals surface area contributed by atoms with Crippen molar-refractivity contribution in [1.82, 2.24) is 0 Å². The molecular formula is C12H16BiKO16. The second-order valence-electron chi connectivity index (χ2n) is 5.02. The monoisotopic (exact) mass is 664 g/mol. The van der Waals surface area contributed by atoms with E-state index in [2.05, 4.69) is 0 Å². The zero-order valence-electron chi connectivity index (χ0n) is 14.9. The molecule has 166 valence electrons. The number of rotatable bonds is 10. The fourth-order valence-corrected chi connectivity index (χ4v) is 1.30. The van der Waals surface area contributed by atoms with Gasteiger partial charge in [0.25, 0.3) is 0 Å². The van der Waals surface area contributed by atoms with Gasteiger partial charge in [-0.05, 0) is 0 Å². The van der Waals surface area contributed by atoms with Crippen LogP contribution in [0.4, 0.5) is 0 Å². The van der Waals surface area contributed by atoms with Crippen molar-refractivity contribution in [2.75, 3.05) is 0 Å².